The maximum absolute atomic E-state index is 9.87. The number of nitrogens with zero attached hydrogens (tertiary/aromatic N) is 7. The number of hydrogen-bond acceptors (Lipinski definition) is 3. The van der Waals surface area contributed by atoms with Gasteiger partial charge in [-0.1, -0.05) is 97.1 Å². The first-order chi connectivity index (χ1) is 34.2. The van der Waals surface area contributed by atoms with Crippen LogP contribution in [-0.2, 0) is 0 Å². The average Bonchev–Trinajstić information content (AvgIpc) is 4.21. The Labute approximate surface area is 392 Å². The van der Waals surface area contributed by atoms with Crippen LogP contribution in [0.1, 0.15) is 5.56 Å². The molecular weight excluding hydrogens is 847 g/mol. The summed E-state index contributed by atoms with van der Waals surface area (Å²) in [5.41, 5.74) is 15.8. The first-order valence-corrected chi connectivity index (χ1v) is 22.9. The minimum atomic E-state index is 0.536. The third-order valence-electron chi connectivity index (χ3n) is 14.2. The van der Waals surface area contributed by atoms with E-state index in [1.165, 1.54) is 26.9 Å². The molecule has 15 rings (SSSR count). The van der Waals surface area contributed by atoms with E-state index in [0.29, 0.717) is 16.8 Å². The molecule has 0 amide bonds. The molecule has 8 heteroatoms. The molecule has 0 saturated carbocycles. The van der Waals surface area contributed by atoms with Gasteiger partial charge in [-0.3, -0.25) is 4.98 Å². The van der Waals surface area contributed by atoms with E-state index in [0.717, 1.165) is 99.5 Å². The van der Waals surface area contributed by atoms with Gasteiger partial charge in [0, 0.05) is 66.3 Å². The van der Waals surface area contributed by atoms with E-state index in [-0.39, 0.29) is 0 Å². The van der Waals surface area contributed by atoms with Gasteiger partial charge in [-0.2, -0.15) is 5.26 Å². The van der Waals surface area contributed by atoms with Crippen molar-refractivity contribution in [3.63, 3.8) is 0 Å². The van der Waals surface area contributed by atoms with Crippen molar-refractivity contribution in [2.45, 2.75) is 0 Å². The molecule has 15 aromatic rings. The van der Waals surface area contributed by atoms with Crippen LogP contribution in [-0.4, -0.2) is 23.3 Å². The zero-order valence-electron chi connectivity index (χ0n) is 36.6. The molecule has 0 aliphatic rings. The number of nitriles is 1. The summed E-state index contributed by atoms with van der Waals surface area (Å²) < 4.78 is 16.4. The zero-order chi connectivity index (χ0) is 45.5. The minimum absolute atomic E-state index is 0.536. The maximum atomic E-state index is 9.87. The third-order valence-corrected chi connectivity index (χ3v) is 14.2. The van der Waals surface area contributed by atoms with E-state index in [1.807, 2.05) is 48.7 Å². The average molecular weight is 880 g/mol. The Morgan fingerprint density at radius 1 is 0.449 bits per heavy atom. The van der Waals surface area contributed by atoms with Crippen molar-refractivity contribution >= 4 is 115 Å². The van der Waals surface area contributed by atoms with Crippen molar-refractivity contribution in [1.82, 2.24) is 23.3 Å². The van der Waals surface area contributed by atoms with Crippen LogP contribution < -0.4 is 0 Å². The molecule has 0 aliphatic carbocycles. The second-order valence-electron chi connectivity index (χ2n) is 17.7. The lowest BCUT2D eigenvalue weighted by Crippen LogP contribution is -1.98. The molecule has 0 radical (unpaired) electrons. The number of para-hydroxylation sites is 5. The second kappa shape index (κ2) is 13.8. The normalized spacial score (nSPS) is 12.0. The second-order valence-corrected chi connectivity index (χ2v) is 17.7. The van der Waals surface area contributed by atoms with Crippen LogP contribution in [0.15, 0.2) is 205 Å². The predicted molar refractivity (Wildman–Crippen MR) is 280 cm³/mol. The topological polar surface area (TPSA) is 73.9 Å². The largest absolute Gasteiger partial charge is 0.452 e. The van der Waals surface area contributed by atoms with Gasteiger partial charge in [0.15, 0.2) is 11.3 Å². The van der Waals surface area contributed by atoms with Gasteiger partial charge in [0.1, 0.15) is 11.1 Å². The zero-order valence-corrected chi connectivity index (χ0v) is 36.6. The van der Waals surface area contributed by atoms with Crippen LogP contribution in [0.25, 0.3) is 137 Å². The summed E-state index contributed by atoms with van der Waals surface area (Å²) in [6, 6.07) is 70.1. The highest BCUT2D eigenvalue weighted by molar-refractivity contribution is 6.40. The quantitative estimate of drug-likeness (QED) is 0.165. The van der Waals surface area contributed by atoms with Gasteiger partial charge < -0.3 is 22.7 Å². The Morgan fingerprint density at radius 2 is 0.957 bits per heavy atom. The molecule has 0 saturated heterocycles. The van der Waals surface area contributed by atoms with Gasteiger partial charge in [0.05, 0.1) is 68.0 Å². The fourth-order valence-electron chi connectivity index (χ4n) is 11.5. The summed E-state index contributed by atoms with van der Waals surface area (Å²) in [4.78, 5) is 8.76. The number of rotatable bonds is 4. The third kappa shape index (κ3) is 4.96. The molecule has 318 valence electrons. The predicted octanol–water partition coefficient (Wildman–Crippen LogP) is 15.8. The Kier molecular flexibility index (Phi) is 7.48. The number of aromatic nitrogens is 5. The summed E-state index contributed by atoms with van der Waals surface area (Å²) in [5.74, 6) is 0. The van der Waals surface area contributed by atoms with Crippen LogP contribution >= 0.6 is 0 Å². The first-order valence-electron chi connectivity index (χ1n) is 22.9. The molecule has 0 aliphatic heterocycles. The molecule has 0 atom stereocenters. The van der Waals surface area contributed by atoms with E-state index in [9.17, 15) is 5.26 Å². The molecular formula is C61H33N7O. The Hall–Kier alpha value is -9.89. The van der Waals surface area contributed by atoms with E-state index in [4.69, 9.17) is 16.0 Å². The fourth-order valence-corrected chi connectivity index (χ4v) is 11.5. The van der Waals surface area contributed by atoms with Crippen LogP contribution in [0.2, 0.25) is 0 Å². The molecule has 6 heterocycles. The van der Waals surface area contributed by atoms with Crippen LogP contribution in [0.5, 0.6) is 0 Å². The molecule has 0 fully saturated rings. The Balaban J connectivity index is 1.10. The van der Waals surface area contributed by atoms with Crippen molar-refractivity contribution in [2.24, 2.45) is 0 Å². The van der Waals surface area contributed by atoms with Crippen LogP contribution in [0.3, 0.4) is 0 Å². The number of hydrogen-bond donors (Lipinski definition) is 0. The fraction of sp³-hybridized carbons (Fsp3) is 0. The highest BCUT2D eigenvalue weighted by atomic mass is 16.3. The molecule has 6 aromatic heterocycles. The van der Waals surface area contributed by atoms with Crippen LogP contribution in [0, 0.1) is 17.9 Å². The van der Waals surface area contributed by atoms with Gasteiger partial charge in [0.2, 0.25) is 0 Å². The maximum Gasteiger partial charge on any atom is 0.188 e. The number of furan rings is 1. The van der Waals surface area contributed by atoms with Gasteiger partial charge in [-0.15, -0.1) is 0 Å². The standard InChI is InChI=1S/C61H33N7O/c1-63-37-25-28-51-45(33-37)44-32-36(35-62)24-27-50(44)68(51)52-30-31-64-57-46-34-40(26-29-53(46)69-61(52)57)67-49-23-13-10-20-43(49)56-59-54(41-18-8-11-21-47(41)65(59)38-14-4-2-5-15-38)58-55(60(56)67)42-19-9-12-22-48(42)66(58)39-16-6-3-7-17-39/h2-34H. The molecule has 0 spiro atoms. The lowest BCUT2D eigenvalue weighted by atomic mass is 10.0. The lowest BCUT2D eigenvalue weighted by molar-refractivity contribution is 0.665. The highest BCUT2D eigenvalue weighted by Crippen LogP contribution is 2.50. The van der Waals surface area contributed by atoms with Crippen molar-refractivity contribution in [2.75, 3.05) is 0 Å². The summed E-state index contributed by atoms with van der Waals surface area (Å²) in [5, 5.41) is 19.6. The molecule has 0 N–H and O–H groups in total. The summed E-state index contributed by atoms with van der Waals surface area (Å²) in [6.07, 6.45) is 1.84. The van der Waals surface area contributed by atoms with E-state index in [1.54, 1.807) is 0 Å². The summed E-state index contributed by atoms with van der Waals surface area (Å²) in [7, 11) is 0. The lowest BCUT2D eigenvalue weighted by Gasteiger charge is -2.13. The van der Waals surface area contributed by atoms with Gasteiger partial charge in [-0.05, 0) is 102 Å². The minimum Gasteiger partial charge on any atom is -0.452 e. The molecule has 0 bridgehead atoms. The Morgan fingerprint density at radius 3 is 1.52 bits per heavy atom. The molecule has 0 unspecified atom stereocenters. The van der Waals surface area contributed by atoms with E-state index in [2.05, 4.69) is 181 Å². The summed E-state index contributed by atoms with van der Waals surface area (Å²) in [6.45, 7) is 7.76. The number of fused-ring (bicyclic) bond motifs is 18. The highest BCUT2D eigenvalue weighted by Gasteiger charge is 2.29. The van der Waals surface area contributed by atoms with Crippen molar-refractivity contribution < 1.29 is 4.42 Å². The smallest absolute Gasteiger partial charge is 0.188 e. The number of benzene rings is 9. The van der Waals surface area contributed by atoms with Gasteiger partial charge in [0.25, 0.3) is 0 Å². The van der Waals surface area contributed by atoms with Gasteiger partial charge in [-0.25, -0.2) is 4.85 Å². The molecule has 8 nitrogen and oxygen atoms in total. The van der Waals surface area contributed by atoms with Crippen LogP contribution in [0.4, 0.5) is 5.69 Å². The monoisotopic (exact) mass is 879 g/mol. The van der Waals surface area contributed by atoms with E-state index < -0.39 is 0 Å². The number of pyridine rings is 1. The van der Waals surface area contributed by atoms with Crippen molar-refractivity contribution in [1.29, 1.82) is 5.26 Å². The van der Waals surface area contributed by atoms with Crippen molar-refractivity contribution in [3.8, 4) is 28.8 Å². The van der Waals surface area contributed by atoms with Crippen molar-refractivity contribution in [3.05, 3.63) is 217 Å². The molecule has 9 aromatic carbocycles. The first kappa shape index (κ1) is 37.3. The van der Waals surface area contributed by atoms with E-state index >= 15 is 0 Å². The SMILES string of the molecule is [C-]#[N+]c1ccc2c(c1)c1cc(C#N)ccc1n2-c1ccnc2c1oc1ccc(-n3c4ccccc4c4c5c(c6ccccc6n5-c5ccccc5)c5c(c6ccccc6n5-c5ccccc5)c43)cc12. The van der Waals surface area contributed by atoms with Gasteiger partial charge >= 0.3 is 0 Å². The summed E-state index contributed by atoms with van der Waals surface area (Å²) >= 11 is 0. The molecule has 69 heavy (non-hydrogen) atoms. The Bertz CT molecular complexity index is 4660.